The SMILES string of the molecule is Cc1cc(NC(=O)NC[C@@H](O)C(C)C)ccc1N1CCCC1. The molecule has 0 aromatic heterocycles. The highest BCUT2D eigenvalue weighted by Gasteiger charge is 2.15. The number of rotatable bonds is 5. The Kier molecular flexibility index (Phi) is 5.66. The summed E-state index contributed by atoms with van der Waals surface area (Å²) in [5.74, 6) is 0.127. The fourth-order valence-electron chi connectivity index (χ4n) is 2.65. The molecule has 1 atom stereocenters. The van der Waals surface area contributed by atoms with Gasteiger partial charge in [0.15, 0.2) is 0 Å². The molecule has 1 saturated heterocycles. The normalized spacial score (nSPS) is 16.0. The molecule has 3 N–H and O–H groups in total. The monoisotopic (exact) mass is 305 g/mol. The molecule has 1 fully saturated rings. The van der Waals surface area contributed by atoms with Gasteiger partial charge >= 0.3 is 6.03 Å². The lowest BCUT2D eigenvalue weighted by Gasteiger charge is -2.21. The van der Waals surface area contributed by atoms with E-state index in [1.165, 1.54) is 24.1 Å². The molecule has 1 aromatic carbocycles. The lowest BCUT2D eigenvalue weighted by Crippen LogP contribution is -2.37. The van der Waals surface area contributed by atoms with Gasteiger partial charge in [0.2, 0.25) is 0 Å². The first kappa shape index (κ1) is 16.6. The van der Waals surface area contributed by atoms with E-state index in [1.807, 2.05) is 26.0 Å². The number of hydrogen-bond acceptors (Lipinski definition) is 3. The van der Waals surface area contributed by atoms with Gasteiger partial charge < -0.3 is 20.6 Å². The zero-order valence-electron chi connectivity index (χ0n) is 13.7. The third kappa shape index (κ3) is 4.37. The van der Waals surface area contributed by atoms with Crippen LogP contribution in [0.2, 0.25) is 0 Å². The highest BCUT2D eigenvalue weighted by molar-refractivity contribution is 5.89. The van der Waals surface area contributed by atoms with Crippen LogP contribution in [0.15, 0.2) is 18.2 Å². The molecule has 0 bridgehead atoms. The second kappa shape index (κ2) is 7.49. The molecule has 2 rings (SSSR count). The Morgan fingerprint density at radius 2 is 2.00 bits per heavy atom. The average molecular weight is 305 g/mol. The lowest BCUT2D eigenvalue weighted by atomic mass is 10.1. The standard InChI is InChI=1S/C17H27N3O2/c1-12(2)16(21)11-18-17(22)19-14-6-7-15(13(3)10-14)20-8-4-5-9-20/h6-7,10,12,16,21H,4-5,8-9,11H2,1-3H3,(H2,18,19,22)/t16-/m1/s1. The van der Waals surface area contributed by atoms with Crippen molar-refractivity contribution in [3.63, 3.8) is 0 Å². The quantitative estimate of drug-likeness (QED) is 0.784. The van der Waals surface area contributed by atoms with Crippen LogP contribution in [0.4, 0.5) is 16.2 Å². The van der Waals surface area contributed by atoms with Crippen LogP contribution in [-0.2, 0) is 0 Å². The first-order valence-electron chi connectivity index (χ1n) is 8.06. The Balaban J connectivity index is 1.90. The van der Waals surface area contributed by atoms with Gasteiger partial charge in [0, 0.05) is 31.0 Å². The number of nitrogens with one attached hydrogen (secondary N) is 2. The van der Waals surface area contributed by atoms with Gasteiger partial charge in [-0.2, -0.15) is 0 Å². The maximum atomic E-state index is 11.8. The minimum Gasteiger partial charge on any atom is -0.391 e. The van der Waals surface area contributed by atoms with Crippen molar-refractivity contribution < 1.29 is 9.90 Å². The van der Waals surface area contributed by atoms with Crippen molar-refractivity contribution in [1.29, 1.82) is 0 Å². The van der Waals surface area contributed by atoms with Crippen molar-refractivity contribution >= 4 is 17.4 Å². The summed E-state index contributed by atoms with van der Waals surface area (Å²) in [6.07, 6.45) is 1.98. The third-order valence-electron chi connectivity index (χ3n) is 4.14. The van der Waals surface area contributed by atoms with Crippen LogP contribution in [0.25, 0.3) is 0 Å². The Morgan fingerprint density at radius 1 is 1.32 bits per heavy atom. The molecule has 0 spiro atoms. The Bertz CT molecular complexity index is 511. The van der Waals surface area contributed by atoms with Gasteiger partial charge in [-0.1, -0.05) is 13.8 Å². The van der Waals surface area contributed by atoms with Crippen LogP contribution in [0, 0.1) is 12.8 Å². The second-order valence-corrected chi connectivity index (χ2v) is 6.34. The summed E-state index contributed by atoms with van der Waals surface area (Å²) >= 11 is 0. The number of carbonyl (C=O) groups excluding carboxylic acids is 1. The van der Waals surface area contributed by atoms with E-state index in [4.69, 9.17) is 0 Å². The topological polar surface area (TPSA) is 64.6 Å². The van der Waals surface area contributed by atoms with Gasteiger partial charge in [-0.25, -0.2) is 4.79 Å². The predicted molar refractivity (Wildman–Crippen MR) is 90.5 cm³/mol. The molecular weight excluding hydrogens is 278 g/mol. The molecule has 22 heavy (non-hydrogen) atoms. The van der Waals surface area contributed by atoms with E-state index in [0.717, 1.165) is 18.8 Å². The van der Waals surface area contributed by atoms with Gasteiger partial charge in [0.05, 0.1) is 6.10 Å². The van der Waals surface area contributed by atoms with Crippen molar-refractivity contribution in [2.45, 2.75) is 39.7 Å². The third-order valence-corrected chi connectivity index (χ3v) is 4.14. The number of nitrogens with zero attached hydrogens (tertiary/aromatic N) is 1. The molecule has 5 nitrogen and oxygen atoms in total. The molecule has 5 heteroatoms. The van der Waals surface area contributed by atoms with Crippen molar-refractivity contribution in [2.75, 3.05) is 29.9 Å². The summed E-state index contributed by atoms with van der Waals surface area (Å²) < 4.78 is 0. The summed E-state index contributed by atoms with van der Waals surface area (Å²) in [7, 11) is 0. The van der Waals surface area contributed by atoms with Gasteiger partial charge in [0.1, 0.15) is 0 Å². The van der Waals surface area contributed by atoms with Crippen molar-refractivity contribution in [3.05, 3.63) is 23.8 Å². The summed E-state index contributed by atoms with van der Waals surface area (Å²) in [6, 6.07) is 5.71. The summed E-state index contributed by atoms with van der Waals surface area (Å²) in [5, 5.41) is 15.2. The van der Waals surface area contributed by atoms with Crippen LogP contribution in [-0.4, -0.2) is 36.9 Å². The number of urea groups is 1. The first-order valence-corrected chi connectivity index (χ1v) is 8.06. The summed E-state index contributed by atoms with van der Waals surface area (Å²) in [6.45, 7) is 8.39. The highest BCUT2D eigenvalue weighted by Crippen LogP contribution is 2.26. The molecule has 122 valence electrons. The fourth-order valence-corrected chi connectivity index (χ4v) is 2.65. The maximum absolute atomic E-state index is 11.8. The van der Waals surface area contributed by atoms with E-state index < -0.39 is 6.10 Å². The smallest absolute Gasteiger partial charge is 0.319 e. The zero-order valence-corrected chi connectivity index (χ0v) is 13.7. The molecule has 1 heterocycles. The van der Waals surface area contributed by atoms with E-state index >= 15 is 0 Å². The van der Waals surface area contributed by atoms with Gasteiger partial charge in [0.25, 0.3) is 0 Å². The minimum absolute atomic E-state index is 0.127. The van der Waals surface area contributed by atoms with Crippen LogP contribution < -0.4 is 15.5 Å². The molecule has 1 aliphatic rings. The molecule has 1 aromatic rings. The van der Waals surface area contributed by atoms with Crippen molar-refractivity contribution in [3.8, 4) is 0 Å². The molecular formula is C17H27N3O2. The Morgan fingerprint density at radius 3 is 2.59 bits per heavy atom. The number of carbonyl (C=O) groups is 1. The average Bonchev–Trinajstić information content (AvgIpc) is 2.98. The van der Waals surface area contributed by atoms with E-state index in [2.05, 4.69) is 28.5 Å². The van der Waals surface area contributed by atoms with E-state index in [1.54, 1.807) is 0 Å². The van der Waals surface area contributed by atoms with Crippen molar-refractivity contribution in [2.24, 2.45) is 5.92 Å². The number of aliphatic hydroxyl groups is 1. The molecule has 2 amide bonds. The Hall–Kier alpha value is -1.75. The highest BCUT2D eigenvalue weighted by atomic mass is 16.3. The largest absolute Gasteiger partial charge is 0.391 e. The van der Waals surface area contributed by atoms with E-state index in [0.29, 0.717) is 0 Å². The van der Waals surface area contributed by atoms with Gasteiger partial charge in [-0.3, -0.25) is 0 Å². The van der Waals surface area contributed by atoms with E-state index in [-0.39, 0.29) is 18.5 Å². The fraction of sp³-hybridized carbons (Fsp3) is 0.588. The van der Waals surface area contributed by atoms with Crippen LogP contribution in [0.1, 0.15) is 32.3 Å². The lowest BCUT2D eigenvalue weighted by molar-refractivity contribution is 0.126. The number of benzene rings is 1. The van der Waals surface area contributed by atoms with E-state index in [9.17, 15) is 9.90 Å². The van der Waals surface area contributed by atoms with Crippen LogP contribution in [0.5, 0.6) is 0 Å². The number of amides is 2. The minimum atomic E-state index is -0.523. The van der Waals surface area contributed by atoms with Crippen LogP contribution >= 0.6 is 0 Å². The van der Waals surface area contributed by atoms with Gasteiger partial charge in [-0.15, -0.1) is 0 Å². The van der Waals surface area contributed by atoms with Crippen LogP contribution in [0.3, 0.4) is 0 Å². The summed E-state index contributed by atoms with van der Waals surface area (Å²) in [5.41, 5.74) is 3.19. The zero-order chi connectivity index (χ0) is 16.1. The molecule has 0 radical (unpaired) electrons. The summed E-state index contributed by atoms with van der Waals surface area (Å²) in [4.78, 5) is 14.2. The van der Waals surface area contributed by atoms with Crippen molar-refractivity contribution in [1.82, 2.24) is 5.32 Å². The number of anilines is 2. The first-order chi connectivity index (χ1) is 10.5. The second-order valence-electron chi connectivity index (χ2n) is 6.34. The number of aryl methyl sites for hydroxylation is 1. The maximum Gasteiger partial charge on any atom is 0.319 e. The molecule has 0 unspecified atom stereocenters. The number of aliphatic hydroxyl groups excluding tert-OH is 1. The predicted octanol–water partition coefficient (Wildman–Crippen LogP) is 2.73. The number of hydrogen-bond donors (Lipinski definition) is 3. The molecule has 0 saturated carbocycles. The molecule has 0 aliphatic carbocycles. The molecule has 1 aliphatic heterocycles. The van der Waals surface area contributed by atoms with Gasteiger partial charge in [-0.05, 0) is 49.4 Å². The Labute approximate surface area is 132 Å².